The third-order valence-electron chi connectivity index (χ3n) is 3.62. The van der Waals surface area contributed by atoms with E-state index in [9.17, 15) is 4.79 Å². The Morgan fingerprint density at radius 1 is 1.40 bits per heavy atom. The molecular formula is C16H20N2OS. The van der Waals surface area contributed by atoms with Gasteiger partial charge in [-0.1, -0.05) is 6.07 Å². The second-order valence-corrected chi connectivity index (χ2v) is 5.95. The molecule has 3 nitrogen and oxygen atoms in total. The van der Waals surface area contributed by atoms with E-state index in [-0.39, 0.29) is 11.9 Å². The van der Waals surface area contributed by atoms with Crippen molar-refractivity contribution < 1.29 is 4.79 Å². The number of likely N-dealkylation sites (N-methyl/N-ethyl adjacent to an activating group) is 1. The lowest BCUT2D eigenvalue weighted by Crippen LogP contribution is -2.36. The summed E-state index contributed by atoms with van der Waals surface area (Å²) in [4.78, 5) is 14.2. The summed E-state index contributed by atoms with van der Waals surface area (Å²) in [5, 5.41) is 4.18. The van der Waals surface area contributed by atoms with Crippen molar-refractivity contribution >= 4 is 22.9 Å². The zero-order chi connectivity index (χ0) is 14.7. The number of carbonyl (C=O) groups excluding carboxylic acids is 1. The molecule has 2 N–H and O–H groups in total. The van der Waals surface area contributed by atoms with E-state index < -0.39 is 0 Å². The van der Waals surface area contributed by atoms with Gasteiger partial charge in [-0.2, -0.15) is 11.3 Å². The first-order valence-electron chi connectivity index (χ1n) is 6.63. The number of hydrogen-bond donors (Lipinski definition) is 1. The van der Waals surface area contributed by atoms with Crippen LogP contribution in [0.3, 0.4) is 0 Å². The smallest absolute Gasteiger partial charge is 0.253 e. The molecule has 1 aromatic carbocycles. The number of aryl methyl sites for hydroxylation is 1. The van der Waals surface area contributed by atoms with Gasteiger partial charge in [-0.3, -0.25) is 4.79 Å². The number of nitrogens with zero attached hydrogens (tertiary/aromatic N) is 1. The largest absolute Gasteiger partial charge is 0.398 e. The molecule has 0 saturated carbocycles. The van der Waals surface area contributed by atoms with Crippen molar-refractivity contribution in [1.82, 2.24) is 4.90 Å². The molecule has 0 unspecified atom stereocenters. The summed E-state index contributed by atoms with van der Waals surface area (Å²) in [7, 11) is 1.84. The van der Waals surface area contributed by atoms with Crippen LogP contribution >= 0.6 is 11.3 Å². The summed E-state index contributed by atoms with van der Waals surface area (Å²) in [6.45, 7) is 4.00. The highest BCUT2D eigenvalue weighted by molar-refractivity contribution is 7.07. The molecule has 4 heteroatoms. The van der Waals surface area contributed by atoms with Crippen LogP contribution in [0.25, 0.3) is 0 Å². The van der Waals surface area contributed by atoms with E-state index in [4.69, 9.17) is 5.73 Å². The Morgan fingerprint density at radius 3 is 2.75 bits per heavy atom. The van der Waals surface area contributed by atoms with Gasteiger partial charge in [-0.15, -0.1) is 0 Å². The van der Waals surface area contributed by atoms with Crippen LogP contribution in [0.2, 0.25) is 0 Å². The quantitative estimate of drug-likeness (QED) is 0.877. The standard InChI is InChI=1S/C16H20N2OS/c1-11-4-5-14(9-15(11)17)16(19)18(3)12(2)8-13-6-7-20-10-13/h4-7,9-10,12H,8,17H2,1-3H3/t12-/m1/s1. The minimum Gasteiger partial charge on any atom is -0.398 e. The summed E-state index contributed by atoms with van der Waals surface area (Å²) in [5.41, 5.74) is 9.45. The van der Waals surface area contributed by atoms with Crippen LogP contribution < -0.4 is 5.73 Å². The highest BCUT2D eigenvalue weighted by atomic mass is 32.1. The number of thiophene rings is 1. The highest BCUT2D eigenvalue weighted by Crippen LogP contribution is 2.17. The van der Waals surface area contributed by atoms with Crippen LogP contribution in [0.5, 0.6) is 0 Å². The van der Waals surface area contributed by atoms with E-state index in [1.807, 2.05) is 26.1 Å². The number of nitrogen functional groups attached to an aromatic ring is 1. The zero-order valence-electron chi connectivity index (χ0n) is 12.1. The van der Waals surface area contributed by atoms with Gasteiger partial charge in [0.25, 0.3) is 5.91 Å². The molecule has 0 bridgehead atoms. The lowest BCUT2D eigenvalue weighted by molar-refractivity contribution is 0.0743. The van der Waals surface area contributed by atoms with Crippen LogP contribution in [-0.4, -0.2) is 23.9 Å². The fourth-order valence-corrected chi connectivity index (χ4v) is 2.75. The van der Waals surface area contributed by atoms with E-state index >= 15 is 0 Å². The molecule has 0 aliphatic rings. The van der Waals surface area contributed by atoms with E-state index in [1.54, 1.807) is 22.3 Å². The summed E-state index contributed by atoms with van der Waals surface area (Å²) in [6.07, 6.45) is 0.868. The SMILES string of the molecule is Cc1ccc(C(=O)N(C)[C@H](C)Cc2ccsc2)cc1N. The summed E-state index contributed by atoms with van der Waals surface area (Å²) < 4.78 is 0. The van der Waals surface area contributed by atoms with E-state index in [0.717, 1.165) is 12.0 Å². The summed E-state index contributed by atoms with van der Waals surface area (Å²) >= 11 is 1.68. The van der Waals surface area contributed by atoms with Gasteiger partial charge in [0.05, 0.1) is 0 Å². The molecule has 0 saturated heterocycles. The Morgan fingerprint density at radius 2 is 2.15 bits per heavy atom. The van der Waals surface area contributed by atoms with Gasteiger partial charge in [0, 0.05) is 24.3 Å². The van der Waals surface area contributed by atoms with Crippen molar-refractivity contribution in [2.45, 2.75) is 26.3 Å². The van der Waals surface area contributed by atoms with Gasteiger partial charge in [0.15, 0.2) is 0 Å². The molecule has 0 spiro atoms. The van der Waals surface area contributed by atoms with Crippen molar-refractivity contribution in [1.29, 1.82) is 0 Å². The molecule has 2 rings (SSSR count). The molecule has 0 radical (unpaired) electrons. The van der Waals surface area contributed by atoms with Crippen molar-refractivity contribution in [3.8, 4) is 0 Å². The Kier molecular flexibility index (Phi) is 4.45. The molecule has 0 aliphatic carbocycles. The van der Waals surface area contributed by atoms with Crippen LogP contribution in [0.15, 0.2) is 35.0 Å². The van der Waals surface area contributed by atoms with Gasteiger partial charge in [-0.05, 0) is 60.4 Å². The summed E-state index contributed by atoms with van der Waals surface area (Å²) in [5.74, 6) is 0.0134. The van der Waals surface area contributed by atoms with E-state index in [2.05, 4.69) is 23.8 Å². The third-order valence-corrected chi connectivity index (χ3v) is 4.35. The monoisotopic (exact) mass is 288 g/mol. The predicted octanol–water partition coefficient (Wildman–Crippen LogP) is 3.34. The van der Waals surface area contributed by atoms with Gasteiger partial charge in [0.1, 0.15) is 0 Å². The minimum absolute atomic E-state index is 0.0134. The van der Waals surface area contributed by atoms with Gasteiger partial charge in [-0.25, -0.2) is 0 Å². The number of benzene rings is 1. The maximum absolute atomic E-state index is 12.5. The molecule has 2 aromatic rings. The fraction of sp³-hybridized carbons (Fsp3) is 0.312. The molecular weight excluding hydrogens is 268 g/mol. The second-order valence-electron chi connectivity index (χ2n) is 5.17. The van der Waals surface area contributed by atoms with Crippen LogP contribution in [-0.2, 0) is 6.42 Å². The number of carbonyl (C=O) groups is 1. The first kappa shape index (κ1) is 14.6. The number of anilines is 1. The molecule has 1 heterocycles. The minimum atomic E-state index is 0.0134. The Bertz CT molecular complexity index is 593. The average Bonchev–Trinajstić information content (AvgIpc) is 2.93. The molecule has 0 fully saturated rings. The summed E-state index contributed by atoms with van der Waals surface area (Å²) in [6, 6.07) is 7.73. The molecule has 1 aromatic heterocycles. The van der Waals surface area contributed by atoms with E-state index in [0.29, 0.717) is 11.3 Å². The third kappa shape index (κ3) is 3.20. The Labute approximate surface area is 124 Å². The van der Waals surface area contributed by atoms with Crippen molar-refractivity contribution in [2.24, 2.45) is 0 Å². The molecule has 106 valence electrons. The van der Waals surface area contributed by atoms with Crippen molar-refractivity contribution in [3.05, 3.63) is 51.7 Å². The second kappa shape index (κ2) is 6.09. The molecule has 1 amide bonds. The van der Waals surface area contributed by atoms with Crippen LogP contribution in [0.1, 0.15) is 28.4 Å². The lowest BCUT2D eigenvalue weighted by atomic mass is 10.1. The maximum Gasteiger partial charge on any atom is 0.253 e. The molecule has 20 heavy (non-hydrogen) atoms. The Balaban J connectivity index is 2.09. The maximum atomic E-state index is 12.5. The van der Waals surface area contributed by atoms with Crippen molar-refractivity contribution in [3.63, 3.8) is 0 Å². The average molecular weight is 288 g/mol. The number of amides is 1. The molecule has 1 atom stereocenters. The highest BCUT2D eigenvalue weighted by Gasteiger charge is 2.18. The topological polar surface area (TPSA) is 46.3 Å². The van der Waals surface area contributed by atoms with Crippen LogP contribution in [0, 0.1) is 6.92 Å². The first-order chi connectivity index (χ1) is 9.49. The van der Waals surface area contributed by atoms with Crippen molar-refractivity contribution in [2.75, 3.05) is 12.8 Å². The zero-order valence-corrected chi connectivity index (χ0v) is 12.9. The van der Waals surface area contributed by atoms with Gasteiger partial charge >= 0.3 is 0 Å². The van der Waals surface area contributed by atoms with E-state index in [1.165, 1.54) is 5.56 Å². The molecule has 0 aliphatic heterocycles. The van der Waals surface area contributed by atoms with Gasteiger partial charge in [0.2, 0.25) is 0 Å². The predicted molar refractivity (Wildman–Crippen MR) is 85.2 cm³/mol. The van der Waals surface area contributed by atoms with Gasteiger partial charge < -0.3 is 10.6 Å². The first-order valence-corrected chi connectivity index (χ1v) is 7.57. The Hall–Kier alpha value is -1.81. The number of nitrogens with two attached hydrogens (primary N) is 1. The number of hydrogen-bond acceptors (Lipinski definition) is 3. The normalized spacial score (nSPS) is 12.2. The number of rotatable bonds is 4. The lowest BCUT2D eigenvalue weighted by Gasteiger charge is -2.25. The fourth-order valence-electron chi connectivity index (χ4n) is 2.06. The van der Waals surface area contributed by atoms with Crippen LogP contribution in [0.4, 0.5) is 5.69 Å².